The maximum absolute atomic E-state index is 13.0. The van der Waals surface area contributed by atoms with Crippen molar-refractivity contribution in [2.75, 3.05) is 6.54 Å². The van der Waals surface area contributed by atoms with Crippen molar-refractivity contribution in [3.8, 4) is 0 Å². The van der Waals surface area contributed by atoms with Gasteiger partial charge in [-0.2, -0.15) is 0 Å². The molecule has 1 saturated heterocycles. The van der Waals surface area contributed by atoms with Gasteiger partial charge < -0.3 is 10.6 Å². The summed E-state index contributed by atoms with van der Waals surface area (Å²) in [5.74, 6) is -1.57. The summed E-state index contributed by atoms with van der Waals surface area (Å²) in [7, 11) is 0. The van der Waals surface area contributed by atoms with E-state index in [-0.39, 0.29) is 18.5 Å². The summed E-state index contributed by atoms with van der Waals surface area (Å²) in [5.41, 5.74) is 0.552. The molecule has 2 rings (SSSR count). The Hall–Kier alpha value is -1.49. The van der Waals surface area contributed by atoms with Gasteiger partial charge in [0.05, 0.1) is 6.04 Å². The monoisotopic (exact) mass is 268 g/mol. The largest absolute Gasteiger partial charge is 0.351 e. The minimum atomic E-state index is -0.893. The number of hydrogen-bond donors (Lipinski definition) is 2. The molecule has 2 N–H and O–H groups in total. The molecule has 0 bridgehead atoms. The molecule has 1 fully saturated rings. The molecule has 3 nitrogen and oxygen atoms in total. The van der Waals surface area contributed by atoms with E-state index in [4.69, 9.17) is 0 Å². The highest BCUT2D eigenvalue weighted by molar-refractivity contribution is 5.82. The summed E-state index contributed by atoms with van der Waals surface area (Å²) in [5, 5.41) is 5.93. The Bertz CT molecular complexity index is 465. The van der Waals surface area contributed by atoms with Crippen LogP contribution in [0.3, 0.4) is 0 Å². The Morgan fingerprint density at radius 3 is 2.89 bits per heavy atom. The van der Waals surface area contributed by atoms with Crippen LogP contribution in [0.2, 0.25) is 0 Å². The van der Waals surface area contributed by atoms with Gasteiger partial charge >= 0.3 is 0 Å². The number of halogens is 2. The Balaban J connectivity index is 1.90. The van der Waals surface area contributed by atoms with Gasteiger partial charge in [0.15, 0.2) is 11.6 Å². The normalized spacial score (nSPS) is 23.1. The quantitative estimate of drug-likeness (QED) is 0.880. The Morgan fingerprint density at radius 2 is 2.21 bits per heavy atom. The first-order valence-electron chi connectivity index (χ1n) is 6.53. The van der Waals surface area contributed by atoms with Crippen molar-refractivity contribution in [2.24, 2.45) is 5.92 Å². The molecule has 0 aromatic heterocycles. The number of benzene rings is 1. The van der Waals surface area contributed by atoms with E-state index in [0.717, 1.165) is 31.5 Å². The number of carbonyl (C=O) groups is 1. The highest BCUT2D eigenvalue weighted by Crippen LogP contribution is 2.15. The molecule has 1 aliphatic heterocycles. The third-order valence-electron chi connectivity index (χ3n) is 3.50. The first-order chi connectivity index (χ1) is 9.08. The average Bonchev–Trinajstić information content (AvgIpc) is 2.40. The molecular formula is C14H18F2N2O. The van der Waals surface area contributed by atoms with E-state index in [1.807, 2.05) is 6.92 Å². The first kappa shape index (κ1) is 13.9. The lowest BCUT2D eigenvalue weighted by atomic mass is 9.92. The summed E-state index contributed by atoms with van der Waals surface area (Å²) in [6.45, 7) is 3.09. The van der Waals surface area contributed by atoms with Gasteiger partial charge in [-0.3, -0.25) is 4.79 Å². The summed E-state index contributed by atoms with van der Waals surface area (Å²) in [6.07, 6.45) is 2.10. The lowest BCUT2D eigenvalue weighted by Crippen LogP contribution is -2.50. The van der Waals surface area contributed by atoms with Crippen LogP contribution in [0, 0.1) is 17.6 Å². The van der Waals surface area contributed by atoms with Crippen LogP contribution >= 0.6 is 0 Å². The minimum Gasteiger partial charge on any atom is -0.351 e. The van der Waals surface area contributed by atoms with Crippen LogP contribution in [-0.4, -0.2) is 18.5 Å². The maximum Gasteiger partial charge on any atom is 0.237 e. The molecule has 1 heterocycles. The molecule has 1 amide bonds. The number of nitrogens with one attached hydrogen (secondary N) is 2. The summed E-state index contributed by atoms with van der Waals surface area (Å²) in [6, 6.07) is 3.45. The second-order valence-corrected chi connectivity index (χ2v) is 5.02. The molecule has 0 saturated carbocycles. The molecule has 5 heteroatoms. The van der Waals surface area contributed by atoms with Gasteiger partial charge in [0.1, 0.15) is 0 Å². The third kappa shape index (κ3) is 3.50. The zero-order valence-electron chi connectivity index (χ0n) is 10.9. The Kier molecular flexibility index (Phi) is 4.47. The molecular weight excluding hydrogens is 250 g/mol. The predicted molar refractivity (Wildman–Crippen MR) is 68.4 cm³/mol. The maximum atomic E-state index is 13.0. The van der Waals surface area contributed by atoms with E-state index < -0.39 is 11.6 Å². The van der Waals surface area contributed by atoms with E-state index in [9.17, 15) is 13.6 Å². The molecule has 0 radical (unpaired) electrons. The lowest BCUT2D eigenvalue weighted by Gasteiger charge is -2.28. The SMILES string of the molecule is CC1CCCNC1C(=O)NCc1ccc(F)c(F)c1. The summed E-state index contributed by atoms with van der Waals surface area (Å²) < 4.78 is 25.8. The summed E-state index contributed by atoms with van der Waals surface area (Å²) >= 11 is 0. The number of amides is 1. The van der Waals surface area contributed by atoms with Gasteiger partial charge in [-0.1, -0.05) is 13.0 Å². The third-order valence-corrected chi connectivity index (χ3v) is 3.50. The van der Waals surface area contributed by atoms with Crippen LogP contribution in [0.15, 0.2) is 18.2 Å². The van der Waals surface area contributed by atoms with Gasteiger partial charge in [-0.15, -0.1) is 0 Å². The van der Waals surface area contributed by atoms with Crippen LogP contribution in [0.4, 0.5) is 8.78 Å². The van der Waals surface area contributed by atoms with Crippen molar-refractivity contribution in [1.29, 1.82) is 0 Å². The fraction of sp³-hybridized carbons (Fsp3) is 0.500. The van der Waals surface area contributed by atoms with Crippen LogP contribution < -0.4 is 10.6 Å². The zero-order chi connectivity index (χ0) is 13.8. The first-order valence-corrected chi connectivity index (χ1v) is 6.53. The van der Waals surface area contributed by atoms with Crippen molar-refractivity contribution in [2.45, 2.75) is 32.4 Å². The highest BCUT2D eigenvalue weighted by atomic mass is 19.2. The smallest absolute Gasteiger partial charge is 0.237 e. The van der Waals surface area contributed by atoms with Crippen LogP contribution in [0.5, 0.6) is 0 Å². The van der Waals surface area contributed by atoms with Crippen LogP contribution in [-0.2, 0) is 11.3 Å². The molecule has 1 aromatic carbocycles. The molecule has 1 aromatic rings. The lowest BCUT2D eigenvalue weighted by molar-refractivity contribution is -0.125. The number of piperidine rings is 1. The van der Waals surface area contributed by atoms with Crippen molar-refractivity contribution >= 4 is 5.91 Å². The molecule has 0 spiro atoms. The second-order valence-electron chi connectivity index (χ2n) is 5.02. The average molecular weight is 268 g/mol. The van der Waals surface area contributed by atoms with Gasteiger partial charge in [-0.05, 0) is 43.0 Å². The number of rotatable bonds is 3. The van der Waals surface area contributed by atoms with E-state index in [1.165, 1.54) is 6.07 Å². The van der Waals surface area contributed by atoms with E-state index in [0.29, 0.717) is 11.5 Å². The van der Waals surface area contributed by atoms with Gasteiger partial charge in [0.2, 0.25) is 5.91 Å². The highest BCUT2D eigenvalue weighted by Gasteiger charge is 2.26. The number of hydrogen-bond acceptors (Lipinski definition) is 2. The zero-order valence-corrected chi connectivity index (χ0v) is 10.9. The van der Waals surface area contributed by atoms with Crippen LogP contribution in [0.25, 0.3) is 0 Å². The molecule has 0 aliphatic carbocycles. The second kappa shape index (κ2) is 6.10. The molecule has 19 heavy (non-hydrogen) atoms. The Morgan fingerprint density at radius 1 is 1.42 bits per heavy atom. The molecule has 1 aliphatic rings. The van der Waals surface area contributed by atoms with Gasteiger partial charge in [0.25, 0.3) is 0 Å². The van der Waals surface area contributed by atoms with Crippen molar-refractivity contribution in [3.63, 3.8) is 0 Å². The van der Waals surface area contributed by atoms with E-state index in [2.05, 4.69) is 10.6 Å². The van der Waals surface area contributed by atoms with E-state index >= 15 is 0 Å². The van der Waals surface area contributed by atoms with Gasteiger partial charge in [0, 0.05) is 6.54 Å². The topological polar surface area (TPSA) is 41.1 Å². The van der Waals surface area contributed by atoms with Crippen molar-refractivity contribution in [3.05, 3.63) is 35.4 Å². The minimum absolute atomic E-state index is 0.0862. The predicted octanol–water partition coefficient (Wildman–Crippen LogP) is 1.97. The standard InChI is InChI=1S/C14H18F2N2O/c1-9-3-2-6-17-13(9)14(19)18-8-10-4-5-11(15)12(16)7-10/h4-5,7,9,13,17H,2-3,6,8H2,1H3,(H,18,19). The van der Waals surface area contributed by atoms with Crippen molar-refractivity contribution < 1.29 is 13.6 Å². The van der Waals surface area contributed by atoms with Crippen LogP contribution in [0.1, 0.15) is 25.3 Å². The molecule has 2 unspecified atom stereocenters. The molecule has 104 valence electrons. The van der Waals surface area contributed by atoms with Crippen molar-refractivity contribution in [1.82, 2.24) is 10.6 Å². The fourth-order valence-electron chi connectivity index (χ4n) is 2.35. The molecule has 2 atom stereocenters. The summed E-state index contributed by atoms with van der Waals surface area (Å²) in [4.78, 5) is 12.0. The Labute approximate surface area is 111 Å². The number of carbonyl (C=O) groups excluding carboxylic acids is 1. The van der Waals surface area contributed by atoms with Gasteiger partial charge in [-0.25, -0.2) is 8.78 Å². The fourth-order valence-corrected chi connectivity index (χ4v) is 2.35. The van der Waals surface area contributed by atoms with E-state index in [1.54, 1.807) is 0 Å².